The van der Waals surface area contributed by atoms with Crippen LogP contribution in [0.4, 0.5) is 0 Å². The zero-order chi connectivity index (χ0) is 19.9. The molecule has 1 fully saturated rings. The number of ether oxygens (including phenoxy) is 2. The minimum Gasteiger partial charge on any atom is -0.480 e. The fraction of sp³-hybridized carbons (Fsp3) is 0.875. The standard InChI is InChI=1S/C16H30N2O7S/c1-12(2)5-7-24-13(3)16(21)17-6-8-25-14(9-17)10-18(11-15(19)20)26(4,22)23/h12-14H,5-11H2,1-4H3,(H,19,20). The van der Waals surface area contributed by atoms with Gasteiger partial charge >= 0.3 is 5.97 Å². The number of hydrogen-bond acceptors (Lipinski definition) is 6. The number of carboxylic acid groups (broad SMARTS) is 1. The van der Waals surface area contributed by atoms with Gasteiger partial charge in [0.1, 0.15) is 12.6 Å². The Bertz CT molecular complexity index is 579. The number of rotatable bonds is 10. The number of nitrogens with zero attached hydrogens (tertiary/aromatic N) is 2. The molecular weight excluding hydrogens is 364 g/mol. The van der Waals surface area contributed by atoms with Gasteiger partial charge in [0.25, 0.3) is 5.91 Å². The van der Waals surface area contributed by atoms with Gasteiger partial charge in [0.2, 0.25) is 10.0 Å². The fourth-order valence-corrected chi connectivity index (χ4v) is 3.32. The number of carbonyl (C=O) groups is 2. The molecule has 0 aromatic rings. The van der Waals surface area contributed by atoms with Crippen molar-refractivity contribution in [2.75, 3.05) is 45.6 Å². The highest BCUT2D eigenvalue weighted by molar-refractivity contribution is 7.88. The molecule has 1 N–H and O–H groups in total. The molecule has 0 saturated carbocycles. The average molecular weight is 394 g/mol. The topological polar surface area (TPSA) is 113 Å². The summed E-state index contributed by atoms with van der Waals surface area (Å²) in [4.78, 5) is 25.0. The molecule has 0 aromatic carbocycles. The monoisotopic (exact) mass is 394 g/mol. The van der Waals surface area contributed by atoms with Crippen LogP contribution >= 0.6 is 0 Å². The van der Waals surface area contributed by atoms with Crippen LogP contribution in [0.25, 0.3) is 0 Å². The quantitative estimate of drug-likeness (QED) is 0.555. The largest absolute Gasteiger partial charge is 0.480 e. The molecule has 0 spiro atoms. The first-order chi connectivity index (χ1) is 12.0. The molecule has 1 aliphatic heterocycles. The van der Waals surface area contributed by atoms with Gasteiger partial charge in [0.15, 0.2) is 0 Å². The first-order valence-electron chi connectivity index (χ1n) is 8.69. The normalized spacial score (nSPS) is 19.8. The highest BCUT2D eigenvalue weighted by Crippen LogP contribution is 2.12. The Morgan fingerprint density at radius 3 is 2.54 bits per heavy atom. The van der Waals surface area contributed by atoms with Gasteiger partial charge < -0.3 is 19.5 Å². The molecule has 0 bridgehead atoms. The summed E-state index contributed by atoms with van der Waals surface area (Å²) < 4.78 is 35.4. The minimum absolute atomic E-state index is 0.114. The van der Waals surface area contributed by atoms with Gasteiger partial charge in [-0.15, -0.1) is 0 Å². The summed E-state index contributed by atoms with van der Waals surface area (Å²) in [5.74, 6) is -0.932. The number of sulfonamides is 1. The van der Waals surface area contributed by atoms with Crippen molar-refractivity contribution in [1.29, 1.82) is 0 Å². The summed E-state index contributed by atoms with van der Waals surface area (Å²) in [6.45, 7) is 6.45. The van der Waals surface area contributed by atoms with Crippen molar-refractivity contribution in [3.05, 3.63) is 0 Å². The second-order valence-electron chi connectivity index (χ2n) is 6.92. The lowest BCUT2D eigenvalue weighted by atomic mass is 10.1. The lowest BCUT2D eigenvalue weighted by Crippen LogP contribution is -2.53. The van der Waals surface area contributed by atoms with Gasteiger partial charge in [-0.2, -0.15) is 4.31 Å². The number of aliphatic carboxylic acids is 1. The van der Waals surface area contributed by atoms with Crippen molar-refractivity contribution >= 4 is 21.9 Å². The van der Waals surface area contributed by atoms with Crippen LogP contribution in [0.3, 0.4) is 0 Å². The predicted molar refractivity (Wildman–Crippen MR) is 95.2 cm³/mol. The smallest absolute Gasteiger partial charge is 0.318 e. The Kier molecular flexibility index (Phi) is 8.94. The van der Waals surface area contributed by atoms with E-state index in [0.29, 0.717) is 19.1 Å². The molecular formula is C16H30N2O7S. The number of carbonyl (C=O) groups excluding carboxylic acids is 1. The van der Waals surface area contributed by atoms with Gasteiger partial charge in [-0.3, -0.25) is 9.59 Å². The summed E-state index contributed by atoms with van der Waals surface area (Å²) >= 11 is 0. The van der Waals surface area contributed by atoms with Crippen molar-refractivity contribution < 1.29 is 32.6 Å². The molecule has 1 aliphatic rings. The molecule has 26 heavy (non-hydrogen) atoms. The second kappa shape index (κ2) is 10.2. The Labute approximate surface area is 155 Å². The van der Waals surface area contributed by atoms with E-state index in [-0.39, 0.29) is 25.6 Å². The molecule has 1 amide bonds. The van der Waals surface area contributed by atoms with Crippen LogP contribution in [0.2, 0.25) is 0 Å². The van der Waals surface area contributed by atoms with Gasteiger partial charge in [-0.1, -0.05) is 13.8 Å². The van der Waals surface area contributed by atoms with E-state index in [1.54, 1.807) is 11.8 Å². The zero-order valence-corrected chi connectivity index (χ0v) is 16.7. The van der Waals surface area contributed by atoms with Gasteiger partial charge in [-0.25, -0.2) is 8.42 Å². The van der Waals surface area contributed by atoms with Crippen molar-refractivity contribution in [2.45, 2.75) is 39.4 Å². The molecule has 0 aliphatic carbocycles. The third-order valence-electron chi connectivity index (χ3n) is 4.05. The first kappa shape index (κ1) is 22.8. The molecule has 1 heterocycles. The summed E-state index contributed by atoms with van der Waals surface area (Å²) in [5, 5.41) is 8.88. The number of hydrogen-bond donors (Lipinski definition) is 1. The average Bonchev–Trinajstić information content (AvgIpc) is 2.52. The molecule has 1 saturated heterocycles. The Hall–Kier alpha value is -1.23. The minimum atomic E-state index is -3.69. The lowest BCUT2D eigenvalue weighted by molar-refractivity contribution is -0.151. The summed E-state index contributed by atoms with van der Waals surface area (Å²) in [6.07, 6.45) is 0.649. The molecule has 2 unspecified atom stereocenters. The third-order valence-corrected chi connectivity index (χ3v) is 5.27. The molecule has 152 valence electrons. The molecule has 0 aromatic heterocycles. The molecule has 9 nitrogen and oxygen atoms in total. The Morgan fingerprint density at radius 2 is 2.00 bits per heavy atom. The third kappa shape index (κ3) is 7.98. The van der Waals surface area contributed by atoms with E-state index >= 15 is 0 Å². The van der Waals surface area contributed by atoms with Gasteiger partial charge in [0.05, 0.1) is 19.0 Å². The van der Waals surface area contributed by atoms with E-state index in [0.717, 1.165) is 17.0 Å². The lowest BCUT2D eigenvalue weighted by Gasteiger charge is -2.36. The maximum absolute atomic E-state index is 12.5. The summed E-state index contributed by atoms with van der Waals surface area (Å²) in [5.41, 5.74) is 0. The highest BCUT2D eigenvalue weighted by atomic mass is 32.2. The van der Waals surface area contributed by atoms with Gasteiger partial charge in [-0.05, 0) is 19.3 Å². The van der Waals surface area contributed by atoms with Crippen LogP contribution in [0, 0.1) is 5.92 Å². The number of amides is 1. The van der Waals surface area contributed by atoms with Crippen LogP contribution in [0.15, 0.2) is 0 Å². The maximum Gasteiger partial charge on any atom is 0.318 e. The van der Waals surface area contributed by atoms with E-state index in [9.17, 15) is 18.0 Å². The fourth-order valence-electron chi connectivity index (χ4n) is 2.53. The molecule has 2 atom stereocenters. The highest BCUT2D eigenvalue weighted by Gasteiger charge is 2.31. The predicted octanol–water partition coefficient (Wildman–Crippen LogP) is 0.0112. The SMILES string of the molecule is CC(C)CCOC(C)C(=O)N1CCOC(CN(CC(=O)O)S(C)(=O)=O)C1. The summed E-state index contributed by atoms with van der Waals surface area (Å²) in [6, 6.07) is 0. The van der Waals surface area contributed by atoms with Crippen molar-refractivity contribution in [3.63, 3.8) is 0 Å². The molecule has 10 heteroatoms. The number of carboxylic acids is 1. The van der Waals surface area contributed by atoms with E-state index < -0.39 is 34.7 Å². The van der Waals surface area contributed by atoms with Crippen LogP contribution in [-0.4, -0.2) is 92.5 Å². The number of morpholine rings is 1. The van der Waals surface area contributed by atoms with E-state index in [1.807, 2.05) is 0 Å². The second-order valence-corrected chi connectivity index (χ2v) is 8.90. The van der Waals surface area contributed by atoms with Crippen LogP contribution < -0.4 is 0 Å². The van der Waals surface area contributed by atoms with Gasteiger partial charge in [0, 0.05) is 26.2 Å². The Balaban J connectivity index is 2.61. The van der Waals surface area contributed by atoms with Crippen LogP contribution in [0.5, 0.6) is 0 Å². The van der Waals surface area contributed by atoms with Crippen molar-refractivity contribution in [1.82, 2.24) is 9.21 Å². The van der Waals surface area contributed by atoms with E-state index in [2.05, 4.69) is 13.8 Å². The first-order valence-corrected chi connectivity index (χ1v) is 10.5. The van der Waals surface area contributed by atoms with E-state index in [1.165, 1.54) is 0 Å². The maximum atomic E-state index is 12.5. The summed E-state index contributed by atoms with van der Waals surface area (Å²) in [7, 11) is -3.69. The molecule has 1 rings (SSSR count). The van der Waals surface area contributed by atoms with Crippen LogP contribution in [0.1, 0.15) is 27.2 Å². The van der Waals surface area contributed by atoms with E-state index in [4.69, 9.17) is 14.6 Å². The van der Waals surface area contributed by atoms with Crippen molar-refractivity contribution in [3.8, 4) is 0 Å². The Morgan fingerprint density at radius 1 is 1.35 bits per heavy atom. The van der Waals surface area contributed by atoms with Crippen LogP contribution in [-0.2, 0) is 29.1 Å². The van der Waals surface area contributed by atoms with Crippen molar-refractivity contribution in [2.24, 2.45) is 5.92 Å². The molecule has 0 radical (unpaired) electrons. The zero-order valence-electron chi connectivity index (χ0n) is 15.9.